The molecule has 1 aromatic heterocycles. The van der Waals surface area contributed by atoms with Gasteiger partial charge in [-0.2, -0.15) is 0 Å². The van der Waals surface area contributed by atoms with E-state index >= 15 is 0 Å². The third kappa shape index (κ3) is 3.20. The highest BCUT2D eigenvalue weighted by molar-refractivity contribution is 5.68. The average Bonchev–Trinajstić information content (AvgIpc) is 3.03. The molecule has 0 unspecified atom stereocenters. The third-order valence-electron chi connectivity index (χ3n) is 3.39. The maximum absolute atomic E-state index is 5.40. The van der Waals surface area contributed by atoms with Crippen LogP contribution in [0.5, 0.6) is 0 Å². The van der Waals surface area contributed by atoms with Crippen molar-refractivity contribution in [1.82, 2.24) is 10.5 Å². The van der Waals surface area contributed by atoms with Crippen LogP contribution in [0.2, 0.25) is 0 Å². The molecular formula is C18H18N2O. The van der Waals surface area contributed by atoms with Gasteiger partial charge in [0.25, 0.3) is 0 Å². The topological polar surface area (TPSA) is 38.1 Å². The van der Waals surface area contributed by atoms with E-state index < -0.39 is 0 Å². The Kier molecular flexibility index (Phi) is 4.12. The van der Waals surface area contributed by atoms with Crippen molar-refractivity contribution in [2.45, 2.75) is 13.5 Å². The molecule has 0 radical (unpaired) electrons. The molecule has 21 heavy (non-hydrogen) atoms. The normalized spacial score (nSPS) is 10.7. The lowest BCUT2D eigenvalue weighted by Gasteiger charge is -2.02. The summed E-state index contributed by atoms with van der Waals surface area (Å²) in [5, 5.41) is 7.31. The first-order chi connectivity index (χ1) is 10.4. The van der Waals surface area contributed by atoms with E-state index in [1.807, 2.05) is 24.3 Å². The molecule has 0 amide bonds. The van der Waals surface area contributed by atoms with Gasteiger partial charge in [-0.15, -0.1) is 0 Å². The Bertz CT molecular complexity index is 687. The zero-order valence-electron chi connectivity index (χ0n) is 12.0. The monoisotopic (exact) mass is 278 g/mol. The quantitative estimate of drug-likeness (QED) is 0.763. The Hall–Kier alpha value is -2.39. The lowest BCUT2D eigenvalue weighted by molar-refractivity contribution is 0.420. The molecule has 1 heterocycles. The lowest BCUT2D eigenvalue weighted by atomic mass is 10.0. The van der Waals surface area contributed by atoms with Gasteiger partial charge in [0.15, 0.2) is 5.76 Å². The first-order valence-electron chi connectivity index (χ1n) is 7.19. The van der Waals surface area contributed by atoms with Gasteiger partial charge in [-0.25, -0.2) is 0 Å². The van der Waals surface area contributed by atoms with Crippen molar-refractivity contribution in [3.63, 3.8) is 0 Å². The summed E-state index contributed by atoms with van der Waals surface area (Å²) in [6.07, 6.45) is 0. The van der Waals surface area contributed by atoms with Crippen LogP contribution in [0, 0.1) is 0 Å². The molecule has 0 fully saturated rings. The molecule has 106 valence electrons. The molecule has 1 N–H and O–H groups in total. The van der Waals surface area contributed by atoms with Gasteiger partial charge >= 0.3 is 0 Å². The van der Waals surface area contributed by atoms with Crippen molar-refractivity contribution in [2.75, 3.05) is 6.54 Å². The van der Waals surface area contributed by atoms with Crippen molar-refractivity contribution >= 4 is 0 Å². The molecule has 0 atom stereocenters. The summed E-state index contributed by atoms with van der Waals surface area (Å²) in [5.41, 5.74) is 4.39. The SMILES string of the molecule is CCNCc1cc(-c2ccc(-c3ccccc3)cc2)on1. The smallest absolute Gasteiger partial charge is 0.167 e. The maximum atomic E-state index is 5.40. The van der Waals surface area contributed by atoms with Crippen LogP contribution >= 0.6 is 0 Å². The second-order valence-electron chi connectivity index (χ2n) is 4.91. The molecule has 0 aliphatic rings. The van der Waals surface area contributed by atoms with E-state index in [9.17, 15) is 0 Å². The Balaban J connectivity index is 1.79. The number of nitrogens with zero attached hydrogens (tertiary/aromatic N) is 1. The van der Waals surface area contributed by atoms with E-state index in [4.69, 9.17) is 4.52 Å². The van der Waals surface area contributed by atoms with Gasteiger partial charge in [-0.05, 0) is 17.7 Å². The van der Waals surface area contributed by atoms with Crippen LogP contribution in [0.25, 0.3) is 22.5 Å². The van der Waals surface area contributed by atoms with Gasteiger partial charge < -0.3 is 9.84 Å². The van der Waals surface area contributed by atoms with E-state index in [2.05, 4.69) is 53.8 Å². The van der Waals surface area contributed by atoms with Crippen molar-refractivity contribution in [1.29, 1.82) is 0 Å². The summed E-state index contributed by atoms with van der Waals surface area (Å²) >= 11 is 0. The highest BCUT2D eigenvalue weighted by Gasteiger charge is 2.06. The van der Waals surface area contributed by atoms with Crippen molar-refractivity contribution < 1.29 is 4.52 Å². The van der Waals surface area contributed by atoms with E-state index in [0.717, 1.165) is 30.1 Å². The van der Waals surface area contributed by atoms with Crippen LogP contribution in [-0.2, 0) is 6.54 Å². The molecule has 0 bridgehead atoms. The Morgan fingerprint density at radius 1 is 0.905 bits per heavy atom. The van der Waals surface area contributed by atoms with Crippen LogP contribution in [0.15, 0.2) is 65.2 Å². The van der Waals surface area contributed by atoms with Crippen LogP contribution in [0.4, 0.5) is 0 Å². The largest absolute Gasteiger partial charge is 0.356 e. The molecule has 3 aromatic rings. The summed E-state index contributed by atoms with van der Waals surface area (Å²) in [6.45, 7) is 3.74. The summed E-state index contributed by atoms with van der Waals surface area (Å²) in [4.78, 5) is 0. The number of hydrogen-bond acceptors (Lipinski definition) is 3. The summed E-state index contributed by atoms with van der Waals surface area (Å²) < 4.78 is 5.40. The Morgan fingerprint density at radius 2 is 1.57 bits per heavy atom. The highest BCUT2D eigenvalue weighted by Crippen LogP contribution is 2.25. The number of nitrogens with one attached hydrogen (secondary N) is 1. The second-order valence-corrected chi connectivity index (χ2v) is 4.91. The molecule has 2 aromatic carbocycles. The maximum Gasteiger partial charge on any atom is 0.167 e. The first-order valence-corrected chi connectivity index (χ1v) is 7.19. The van der Waals surface area contributed by atoms with Gasteiger partial charge in [0, 0.05) is 18.2 Å². The third-order valence-corrected chi connectivity index (χ3v) is 3.39. The second kappa shape index (κ2) is 6.37. The van der Waals surface area contributed by atoms with Gasteiger partial charge in [0.2, 0.25) is 0 Å². The van der Waals surface area contributed by atoms with Crippen molar-refractivity contribution in [2.24, 2.45) is 0 Å². The zero-order valence-corrected chi connectivity index (χ0v) is 12.0. The molecule has 0 aliphatic heterocycles. The molecule has 0 aliphatic carbocycles. The standard InChI is InChI=1S/C18H18N2O/c1-2-19-13-17-12-18(21-20-17)16-10-8-15(9-11-16)14-6-4-3-5-7-14/h3-12,19H,2,13H2,1H3. The zero-order chi connectivity index (χ0) is 14.5. The van der Waals surface area contributed by atoms with E-state index in [1.165, 1.54) is 11.1 Å². The fourth-order valence-electron chi connectivity index (χ4n) is 2.24. The van der Waals surface area contributed by atoms with E-state index in [-0.39, 0.29) is 0 Å². The molecule has 3 heteroatoms. The minimum absolute atomic E-state index is 0.738. The molecular weight excluding hydrogens is 260 g/mol. The predicted molar refractivity (Wildman–Crippen MR) is 84.8 cm³/mol. The lowest BCUT2D eigenvalue weighted by Crippen LogP contribution is -2.11. The van der Waals surface area contributed by atoms with Gasteiger partial charge in [-0.3, -0.25) is 0 Å². The van der Waals surface area contributed by atoms with Crippen molar-refractivity contribution in [3.8, 4) is 22.5 Å². The number of benzene rings is 2. The van der Waals surface area contributed by atoms with E-state index in [0.29, 0.717) is 0 Å². The average molecular weight is 278 g/mol. The van der Waals surface area contributed by atoms with Crippen LogP contribution < -0.4 is 5.32 Å². The van der Waals surface area contributed by atoms with Gasteiger partial charge in [0.1, 0.15) is 0 Å². The van der Waals surface area contributed by atoms with Crippen LogP contribution in [0.1, 0.15) is 12.6 Å². The minimum atomic E-state index is 0.738. The Labute approximate surface area is 124 Å². The summed E-state index contributed by atoms with van der Waals surface area (Å²) in [7, 11) is 0. The number of aromatic nitrogens is 1. The Morgan fingerprint density at radius 3 is 2.29 bits per heavy atom. The fourth-order valence-corrected chi connectivity index (χ4v) is 2.24. The molecule has 0 spiro atoms. The highest BCUT2D eigenvalue weighted by atomic mass is 16.5. The fraction of sp³-hybridized carbons (Fsp3) is 0.167. The number of hydrogen-bond donors (Lipinski definition) is 1. The first kappa shape index (κ1) is 13.6. The van der Waals surface area contributed by atoms with E-state index in [1.54, 1.807) is 0 Å². The molecule has 3 nitrogen and oxygen atoms in total. The molecule has 0 saturated carbocycles. The van der Waals surface area contributed by atoms with Crippen molar-refractivity contribution in [3.05, 3.63) is 66.4 Å². The number of rotatable bonds is 5. The van der Waals surface area contributed by atoms with Crippen LogP contribution in [-0.4, -0.2) is 11.7 Å². The summed E-state index contributed by atoms with van der Waals surface area (Å²) in [5.74, 6) is 0.808. The minimum Gasteiger partial charge on any atom is -0.356 e. The predicted octanol–water partition coefficient (Wildman–Crippen LogP) is 4.12. The molecule has 0 saturated heterocycles. The van der Waals surface area contributed by atoms with Gasteiger partial charge in [-0.1, -0.05) is 66.7 Å². The molecule has 3 rings (SSSR count). The summed E-state index contributed by atoms with van der Waals surface area (Å²) in [6, 6.07) is 20.7. The van der Waals surface area contributed by atoms with Gasteiger partial charge in [0.05, 0.1) is 5.69 Å². The van der Waals surface area contributed by atoms with Crippen LogP contribution in [0.3, 0.4) is 0 Å².